The summed E-state index contributed by atoms with van der Waals surface area (Å²) in [4.78, 5) is 0. The molecule has 31 heavy (non-hydrogen) atoms. The van der Waals surface area contributed by atoms with Crippen molar-refractivity contribution in [3.05, 3.63) is 58.2 Å². The van der Waals surface area contributed by atoms with Gasteiger partial charge in [-0.25, -0.2) is 9.07 Å². The Kier molecular flexibility index (Phi) is 5.80. The van der Waals surface area contributed by atoms with E-state index in [1.165, 1.54) is 17.8 Å². The molecule has 0 aliphatic heterocycles. The van der Waals surface area contributed by atoms with Gasteiger partial charge in [-0.15, -0.1) is 5.10 Å². The minimum atomic E-state index is -6.20. The summed E-state index contributed by atoms with van der Waals surface area (Å²) in [5, 5.41) is 7.88. The molecule has 1 heterocycles. The van der Waals surface area contributed by atoms with E-state index in [2.05, 4.69) is 26.2 Å². The van der Waals surface area contributed by atoms with Crippen LogP contribution in [0.15, 0.2) is 47.1 Å². The summed E-state index contributed by atoms with van der Waals surface area (Å²) in [6, 6.07) is 7.66. The van der Waals surface area contributed by atoms with Crippen LogP contribution in [0.1, 0.15) is 18.1 Å². The Morgan fingerprint density at radius 1 is 1.00 bits per heavy atom. The monoisotopic (exact) mass is 510 g/mol. The summed E-state index contributed by atoms with van der Waals surface area (Å²) in [6.07, 6.45) is -11.0. The van der Waals surface area contributed by atoms with Gasteiger partial charge in [0, 0.05) is 21.3 Å². The van der Waals surface area contributed by atoms with Crippen LogP contribution >= 0.6 is 15.9 Å². The molecule has 3 rings (SSSR count). The summed E-state index contributed by atoms with van der Waals surface area (Å²) < 4.78 is 94.4. The Bertz CT molecular complexity index is 1090. The van der Waals surface area contributed by atoms with Crippen molar-refractivity contribution < 1.29 is 30.7 Å². The Hall–Kier alpha value is -2.63. The third-order valence-electron chi connectivity index (χ3n) is 4.61. The number of rotatable bonds is 4. The highest BCUT2D eigenvalue weighted by Crippen LogP contribution is 2.54. The van der Waals surface area contributed by atoms with E-state index in [0.717, 1.165) is 0 Å². The van der Waals surface area contributed by atoms with Gasteiger partial charge in [-0.3, -0.25) is 0 Å². The SMILES string of the molecule is CCc1cc(C(F)(C(F)(F)F)C(F)(F)F)cc(Br)c1-n1cc(-c2cccc(N)c2)nn1. The van der Waals surface area contributed by atoms with Gasteiger partial charge in [0.15, 0.2) is 0 Å². The van der Waals surface area contributed by atoms with Crippen molar-refractivity contribution in [2.24, 2.45) is 0 Å². The quantitative estimate of drug-likeness (QED) is 0.339. The van der Waals surface area contributed by atoms with Crippen LogP contribution in [0.5, 0.6) is 0 Å². The lowest BCUT2D eigenvalue weighted by Crippen LogP contribution is -2.50. The summed E-state index contributed by atoms with van der Waals surface area (Å²) in [6.45, 7) is 1.51. The van der Waals surface area contributed by atoms with Crippen molar-refractivity contribution >= 4 is 21.6 Å². The number of hydrogen-bond donors (Lipinski definition) is 1. The maximum absolute atomic E-state index is 14.5. The maximum atomic E-state index is 14.5. The molecule has 0 radical (unpaired) electrons. The normalized spacial score (nSPS) is 12.9. The van der Waals surface area contributed by atoms with Crippen LogP contribution in [0.3, 0.4) is 0 Å². The molecule has 0 aliphatic carbocycles. The van der Waals surface area contributed by atoms with Crippen LogP contribution < -0.4 is 5.73 Å². The predicted octanol–water partition coefficient (Wildman–Crippen LogP) is 6.13. The molecule has 0 bridgehead atoms. The van der Waals surface area contributed by atoms with Crippen LogP contribution in [0, 0.1) is 0 Å². The molecule has 2 aromatic carbocycles. The zero-order chi connectivity index (χ0) is 23.2. The van der Waals surface area contributed by atoms with Gasteiger partial charge >= 0.3 is 18.0 Å². The van der Waals surface area contributed by atoms with E-state index in [-0.39, 0.29) is 22.1 Å². The maximum Gasteiger partial charge on any atom is 0.435 e. The van der Waals surface area contributed by atoms with Gasteiger partial charge in [0.25, 0.3) is 0 Å². The molecule has 0 saturated carbocycles. The highest BCUT2D eigenvalue weighted by molar-refractivity contribution is 9.10. The molecule has 0 atom stereocenters. The van der Waals surface area contributed by atoms with Gasteiger partial charge in [0.05, 0.1) is 11.9 Å². The Labute approximate surface area is 180 Å². The van der Waals surface area contributed by atoms with Crippen molar-refractivity contribution in [1.82, 2.24) is 15.0 Å². The van der Waals surface area contributed by atoms with Crippen molar-refractivity contribution in [2.75, 3.05) is 5.73 Å². The molecule has 2 N–H and O–H groups in total. The second-order valence-corrected chi connectivity index (χ2v) is 7.50. The molecule has 0 saturated heterocycles. The fourth-order valence-electron chi connectivity index (χ4n) is 3.07. The average molecular weight is 511 g/mol. The molecule has 12 heteroatoms. The third-order valence-corrected chi connectivity index (χ3v) is 5.21. The third kappa shape index (κ3) is 4.00. The summed E-state index contributed by atoms with van der Waals surface area (Å²) in [5.41, 5.74) is 0.212. The number of halogens is 8. The Morgan fingerprint density at radius 3 is 2.19 bits per heavy atom. The van der Waals surface area contributed by atoms with E-state index in [9.17, 15) is 30.7 Å². The van der Waals surface area contributed by atoms with Crippen LogP contribution in [0.4, 0.5) is 36.4 Å². The number of aromatic nitrogens is 3. The number of nitrogen functional groups attached to an aromatic ring is 1. The molecular formula is C19H14BrF7N4. The topological polar surface area (TPSA) is 56.7 Å². The predicted molar refractivity (Wildman–Crippen MR) is 103 cm³/mol. The number of alkyl halides is 7. The van der Waals surface area contributed by atoms with Gasteiger partial charge in [0.2, 0.25) is 0 Å². The molecule has 1 aromatic heterocycles. The van der Waals surface area contributed by atoms with Gasteiger partial charge in [0.1, 0.15) is 5.69 Å². The lowest BCUT2D eigenvalue weighted by Gasteiger charge is -2.31. The number of benzene rings is 2. The van der Waals surface area contributed by atoms with E-state index < -0.39 is 23.6 Å². The molecule has 0 aliphatic rings. The minimum absolute atomic E-state index is 0.00104. The summed E-state index contributed by atoms with van der Waals surface area (Å²) >= 11 is 2.97. The molecule has 0 fully saturated rings. The average Bonchev–Trinajstić information content (AvgIpc) is 3.14. The second kappa shape index (κ2) is 7.81. The zero-order valence-electron chi connectivity index (χ0n) is 15.7. The van der Waals surface area contributed by atoms with E-state index >= 15 is 0 Å². The number of aryl methyl sites for hydroxylation is 1. The molecule has 3 aromatic rings. The second-order valence-electron chi connectivity index (χ2n) is 6.65. The first-order valence-corrected chi connectivity index (χ1v) is 9.52. The smallest absolute Gasteiger partial charge is 0.399 e. The van der Waals surface area contributed by atoms with Crippen molar-refractivity contribution in [1.29, 1.82) is 0 Å². The van der Waals surface area contributed by atoms with Crippen LogP contribution in [0.2, 0.25) is 0 Å². The van der Waals surface area contributed by atoms with Crippen molar-refractivity contribution in [3.63, 3.8) is 0 Å². The van der Waals surface area contributed by atoms with E-state index in [4.69, 9.17) is 5.73 Å². The highest BCUT2D eigenvalue weighted by Gasteiger charge is 2.73. The largest absolute Gasteiger partial charge is 0.435 e. The van der Waals surface area contributed by atoms with Crippen LogP contribution in [0.25, 0.3) is 16.9 Å². The number of hydrogen-bond acceptors (Lipinski definition) is 3. The van der Waals surface area contributed by atoms with Gasteiger partial charge in [-0.05, 0) is 52.2 Å². The van der Waals surface area contributed by atoms with Gasteiger partial charge in [-0.1, -0.05) is 24.3 Å². The summed E-state index contributed by atoms with van der Waals surface area (Å²) in [5.74, 6) is 0. The van der Waals surface area contributed by atoms with Crippen LogP contribution in [-0.4, -0.2) is 27.3 Å². The Morgan fingerprint density at radius 2 is 1.65 bits per heavy atom. The van der Waals surface area contributed by atoms with Crippen molar-refractivity contribution in [2.45, 2.75) is 31.4 Å². The highest BCUT2D eigenvalue weighted by atomic mass is 79.9. The van der Waals surface area contributed by atoms with Gasteiger partial charge in [-0.2, -0.15) is 26.3 Å². The lowest BCUT2D eigenvalue weighted by molar-refractivity contribution is -0.348. The zero-order valence-corrected chi connectivity index (χ0v) is 17.3. The van der Waals surface area contributed by atoms with E-state index in [0.29, 0.717) is 29.1 Å². The van der Waals surface area contributed by atoms with Gasteiger partial charge < -0.3 is 5.73 Å². The number of nitrogens with zero attached hydrogens (tertiary/aromatic N) is 3. The molecule has 4 nitrogen and oxygen atoms in total. The first-order valence-electron chi connectivity index (χ1n) is 8.73. The molecule has 0 amide bonds. The molecular weight excluding hydrogens is 497 g/mol. The fourth-order valence-corrected chi connectivity index (χ4v) is 3.76. The number of nitrogens with two attached hydrogens (primary N) is 1. The van der Waals surface area contributed by atoms with Crippen molar-refractivity contribution in [3.8, 4) is 16.9 Å². The number of anilines is 1. The summed E-state index contributed by atoms with van der Waals surface area (Å²) in [7, 11) is 0. The first kappa shape index (κ1) is 23.0. The van der Waals surface area contributed by atoms with Crippen LogP contribution in [-0.2, 0) is 12.1 Å². The minimum Gasteiger partial charge on any atom is -0.399 e. The first-order chi connectivity index (χ1) is 14.3. The molecule has 166 valence electrons. The molecule has 0 unspecified atom stereocenters. The standard InChI is InChI=1S/C19H14BrF7N4/c1-2-10-6-12(17(21,18(22,23)24)19(25,26)27)8-14(20)16(10)31-9-15(29-30-31)11-4-3-5-13(28)7-11/h3-9H,2,28H2,1H3. The fraction of sp³-hybridized carbons (Fsp3) is 0.263. The Balaban J connectivity index is 2.15. The van der Waals surface area contributed by atoms with E-state index in [1.54, 1.807) is 24.3 Å². The van der Waals surface area contributed by atoms with E-state index in [1.807, 2.05) is 0 Å². The molecule has 0 spiro atoms. The lowest BCUT2D eigenvalue weighted by atomic mass is 9.91.